The number of pyridine rings is 1. The van der Waals surface area contributed by atoms with Crippen LogP contribution in [-0.2, 0) is 4.79 Å². The van der Waals surface area contributed by atoms with E-state index in [1.54, 1.807) is 0 Å². The maximum absolute atomic E-state index is 11.8. The molecule has 26 heavy (non-hydrogen) atoms. The second-order valence-electron chi connectivity index (χ2n) is 6.19. The molecule has 1 atom stereocenters. The fraction of sp³-hybridized carbons (Fsp3) is 0.263. The number of rotatable bonds is 5. The SMILES string of the molecule is Cc1cccn2cc(-c3ccc(NC(=O)CCC(C)N)cc3)nc12.Cl.Cl. The monoisotopic (exact) mass is 394 g/mol. The van der Waals surface area contributed by atoms with Crippen LogP contribution in [0.2, 0.25) is 0 Å². The standard InChI is InChI=1S/C19H22N4O.2ClH/c1-13-4-3-11-23-12-17(22-19(13)23)15-6-8-16(9-7-15)21-18(24)10-5-14(2)20;;/h3-4,6-9,11-12,14H,5,10,20H2,1-2H3,(H,21,24);2*1H. The summed E-state index contributed by atoms with van der Waals surface area (Å²) in [5, 5.41) is 2.89. The number of hydrogen-bond acceptors (Lipinski definition) is 3. The first-order valence-corrected chi connectivity index (χ1v) is 8.13. The van der Waals surface area contributed by atoms with Crippen molar-refractivity contribution in [3.8, 4) is 11.3 Å². The second kappa shape index (κ2) is 9.57. The first kappa shape index (κ1) is 22.0. The average Bonchev–Trinajstić information content (AvgIpc) is 2.99. The lowest BCUT2D eigenvalue weighted by Gasteiger charge is -2.07. The quantitative estimate of drug-likeness (QED) is 0.680. The van der Waals surface area contributed by atoms with Crippen molar-refractivity contribution < 1.29 is 4.79 Å². The summed E-state index contributed by atoms with van der Waals surface area (Å²) in [6, 6.07) is 11.8. The van der Waals surface area contributed by atoms with Crippen molar-refractivity contribution in [2.24, 2.45) is 5.73 Å². The Morgan fingerprint density at radius 2 is 1.92 bits per heavy atom. The molecule has 0 radical (unpaired) electrons. The van der Waals surface area contributed by atoms with Gasteiger partial charge in [-0.3, -0.25) is 4.79 Å². The molecule has 2 aromatic heterocycles. The van der Waals surface area contributed by atoms with Crippen molar-refractivity contribution >= 4 is 42.1 Å². The van der Waals surface area contributed by atoms with Crippen molar-refractivity contribution in [3.63, 3.8) is 0 Å². The number of aromatic nitrogens is 2. The predicted octanol–water partition coefficient (Wildman–Crippen LogP) is 4.22. The highest BCUT2D eigenvalue weighted by molar-refractivity contribution is 5.91. The molecule has 5 nitrogen and oxygen atoms in total. The maximum atomic E-state index is 11.8. The molecule has 0 aliphatic carbocycles. The van der Waals surface area contributed by atoms with Crippen LogP contribution in [0.5, 0.6) is 0 Å². The van der Waals surface area contributed by atoms with E-state index >= 15 is 0 Å². The van der Waals surface area contributed by atoms with E-state index in [1.807, 2.05) is 67.0 Å². The van der Waals surface area contributed by atoms with Gasteiger partial charge in [0.2, 0.25) is 5.91 Å². The van der Waals surface area contributed by atoms with Crippen molar-refractivity contribution in [2.45, 2.75) is 32.7 Å². The van der Waals surface area contributed by atoms with E-state index in [0.717, 1.165) is 28.2 Å². The Morgan fingerprint density at radius 1 is 1.23 bits per heavy atom. The van der Waals surface area contributed by atoms with E-state index in [0.29, 0.717) is 12.8 Å². The zero-order valence-electron chi connectivity index (χ0n) is 14.8. The van der Waals surface area contributed by atoms with Crippen LogP contribution in [0.25, 0.3) is 16.9 Å². The van der Waals surface area contributed by atoms with Gasteiger partial charge in [-0.15, -0.1) is 24.8 Å². The number of fused-ring (bicyclic) bond motifs is 1. The van der Waals surface area contributed by atoms with E-state index in [9.17, 15) is 4.79 Å². The fourth-order valence-corrected chi connectivity index (χ4v) is 2.60. The molecule has 0 bridgehead atoms. The maximum Gasteiger partial charge on any atom is 0.224 e. The van der Waals surface area contributed by atoms with Crippen molar-refractivity contribution in [1.29, 1.82) is 0 Å². The second-order valence-corrected chi connectivity index (χ2v) is 6.19. The summed E-state index contributed by atoms with van der Waals surface area (Å²) in [6.45, 7) is 3.95. The van der Waals surface area contributed by atoms with Gasteiger partial charge >= 0.3 is 0 Å². The molecule has 1 unspecified atom stereocenters. The van der Waals surface area contributed by atoms with E-state index in [-0.39, 0.29) is 36.8 Å². The number of halogens is 2. The van der Waals surface area contributed by atoms with Crippen molar-refractivity contribution in [1.82, 2.24) is 9.38 Å². The first-order chi connectivity index (χ1) is 11.5. The predicted molar refractivity (Wildman–Crippen MR) is 111 cm³/mol. The number of carbonyl (C=O) groups is 1. The highest BCUT2D eigenvalue weighted by Gasteiger charge is 2.07. The smallest absolute Gasteiger partial charge is 0.224 e. The van der Waals surface area contributed by atoms with Gasteiger partial charge in [-0.1, -0.05) is 18.2 Å². The van der Waals surface area contributed by atoms with Gasteiger partial charge in [0.05, 0.1) is 5.69 Å². The van der Waals surface area contributed by atoms with Crippen LogP contribution in [-0.4, -0.2) is 21.3 Å². The van der Waals surface area contributed by atoms with Crippen LogP contribution >= 0.6 is 24.8 Å². The van der Waals surface area contributed by atoms with Gasteiger partial charge in [-0.25, -0.2) is 4.98 Å². The molecule has 3 rings (SSSR count). The number of nitrogens with two attached hydrogens (primary N) is 1. The Bertz CT molecular complexity index is 860. The van der Waals surface area contributed by atoms with Crippen LogP contribution in [0.15, 0.2) is 48.8 Å². The van der Waals surface area contributed by atoms with Gasteiger partial charge in [0.25, 0.3) is 0 Å². The van der Waals surface area contributed by atoms with E-state index in [1.165, 1.54) is 0 Å². The number of anilines is 1. The zero-order valence-corrected chi connectivity index (χ0v) is 16.4. The molecule has 3 N–H and O–H groups in total. The summed E-state index contributed by atoms with van der Waals surface area (Å²) < 4.78 is 2.02. The molecule has 0 spiro atoms. The normalized spacial score (nSPS) is 11.3. The summed E-state index contributed by atoms with van der Waals surface area (Å²) >= 11 is 0. The summed E-state index contributed by atoms with van der Waals surface area (Å²) in [6.07, 6.45) is 5.13. The molecule has 7 heteroatoms. The molecule has 140 valence electrons. The molecular weight excluding hydrogens is 371 g/mol. The minimum atomic E-state index is -0.0107. The fourth-order valence-electron chi connectivity index (χ4n) is 2.60. The Labute approximate surface area is 165 Å². The van der Waals surface area contributed by atoms with Gasteiger partial charge in [0.15, 0.2) is 0 Å². The van der Waals surface area contributed by atoms with Crippen LogP contribution in [0.1, 0.15) is 25.3 Å². The Balaban J connectivity index is 0.00000169. The zero-order chi connectivity index (χ0) is 17.1. The third-order valence-electron chi connectivity index (χ3n) is 3.97. The molecule has 0 saturated heterocycles. The van der Waals surface area contributed by atoms with Crippen molar-refractivity contribution in [2.75, 3.05) is 5.32 Å². The first-order valence-electron chi connectivity index (χ1n) is 8.13. The average molecular weight is 395 g/mol. The van der Waals surface area contributed by atoms with Crippen LogP contribution in [0.3, 0.4) is 0 Å². The summed E-state index contributed by atoms with van der Waals surface area (Å²) in [4.78, 5) is 16.5. The van der Waals surface area contributed by atoms with E-state index in [4.69, 9.17) is 5.73 Å². The number of carbonyl (C=O) groups excluding carboxylic acids is 1. The molecule has 0 saturated carbocycles. The Morgan fingerprint density at radius 3 is 2.54 bits per heavy atom. The van der Waals surface area contributed by atoms with Crippen LogP contribution in [0.4, 0.5) is 5.69 Å². The minimum absolute atomic E-state index is 0. The highest BCUT2D eigenvalue weighted by atomic mass is 35.5. The third-order valence-corrected chi connectivity index (χ3v) is 3.97. The van der Waals surface area contributed by atoms with Crippen molar-refractivity contribution in [3.05, 3.63) is 54.4 Å². The molecule has 1 amide bonds. The molecule has 0 aliphatic heterocycles. The summed E-state index contributed by atoms with van der Waals surface area (Å²) in [5.41, 5.74) is 10.5. The summed E-state index contributed by atoms with van der Waals surface area (Å²) in [7, 11) is 0. The molecule has 3 aromatic rings. The lowest BCUT2D eigenvalue weighted by Crippen LogP contribution is -2.19. The minimum Gasteiger partial charge on any atom is -0.328 e. The Kier molecular flexibility index (Phi) is 8.08. The molecule has 0 aliphatic rings. The number of nitrogens with zero attached hydrogens (tertiary/aromatic N) is 2. The third kappa shape index (κ3) is 5.21. The molecule has 1 aromatic carbocycles. The van der Waals surface area contributed by atoms with Crippen LogP contribution < -0.4 is 11.1 Å². The van der Waals surface area contributed by atoms with Gasteiger partial charge in [-0.05, 0) is 44.0 Å². The molecule has 0 fully saturated rings. The molecular formula is C19H24Cl2N4O. The number of nitrogens with one attached hydrogen (secondary N) is 1. The van der Waals surface area contributed by atoms with Gasteiger partial charge in [0, 0.05) is 36.1 Å². The highest BCUT2D eigenvalue weighted by Crippen LogP contribution is 2.22. The number of aryl methyl sites for hydroxylation is 1. The number of imidazole rings is 1. The summed E-state index contributed by atoms with van der Waals surface area (Å²) in [5.74, 6) is -0.0107. The van der Waals surface area contributed by atoms with Crippen LogP contribution in [0, 0.1) is 6.92 Å². The van der Waals surface area contributed by atoms with E-state index in [2.05, 4.69) is 10.3 Å². The Hall–Kier alpha value is -2.08. The van der Waals surface area contributed by atoms with Gasteiger partial charge in [0.1, 0.15) is 5.65 Å². The lowest BCUT2D eigenvalue weighted by molar-refractivity contribution is -0.116. The number of amides is 1. The largest absolute Gasteiger partial charge is 0.328 e. The van der Waals surface area contributed by atoms with Gasteiger partial charge in [-0.2, -0.15) is 0 Å². The van der Waals surface area contributed by atoms with Gasteiger partial charge < -0.3 is 15.5 Å². The number of hydrogen-bond donors (Lipinski definition) is 2. The topological polar surface area (TPSA) is 72.4 Å². The molecule has 2 heterocycles. The van der Waals surface area contributed by atoms with E-state index < -0.39 is 0 Å². The lowest BCUT2D eigenvalue weighted by atomic mass is 10.1. The number of benzene rings is 1.